The molecule has 1 atom stereocenters. The second-order valence-corrected chi connectivity index (χ2v) is 8.09. The van der Waals surface area contributed by atoms with Crippen molar-refractivity contribution in [2.45, 2.75) is 6.10 Å². The summed E-state index contributed by atoms with van der Waals surface area (Å²) in [4.78, 5) is 48.1. The van der Waals surface area contributed by atoms with Gasteiger partial charge in [0, 0.05) is 30.4 Å². The lowest BCUT2D eigenvalue weighted by Gasteiger charge is -2.15. The van der Waals surface area contributed by atoms with E-state index in [0.29, 0.717) is 24.5 Å². The van der Waals surface area contributed by atoms with Crippen molar-refractivity contribution in [1.29, 1.82) is 0 Å². The first kappa shape index (κ1) is 21.2. The summed E-state index contributed by atoms with van der Waals surface area (Å²) in [6.07, 6.45) is -0.220. The average Bonchev–Trinajstić information content (AvgIpc) is 3.31. The standard InChI is InChI=1S/C18H18FN4O7P/c19-15-7-12(23-9-13(30-18(23)25)10-29-31(26,27)28)2-3-14(15)11-1-4-16(21-8-11)22-6-5-20-17(22)24/h1-4,7-8,13H,5-6,9-10H2,(H,20,24)(H2,26,27,28)/t13-/m1/s1. The zero-order valence-corrected chi connectivity index (χ0v) is 16.9. The van der Waals surface area contributed by atoms with Gasteiger partial charge in [0.2, 0.25) is 0 Å². The molecular formula is C18H18FN4O7P. The largest absolute Gasteiger partial charge is 0.469 e. The third kappa shape index (κ3) is 4.67. The van der Waals surface area contributed by atoms with Gasteiger partial charge in [-0.1, -0.05) is 0 Å². The number of anilines is 2. The smallest absolute Gasteiger partial charge is 0.441 e. The lowest BCUT2D eigenvalue weighted by atomic mass is 10.1. The Morgan fingerprint density at radius 1 is 1.26 bits per heavy atom. The minimum Gasteiger partial charge on any atom is -0.441 e. The van der Waals surface area contributed by atoms with Gasteiger partial charge < -0.3 is 19.8 Å². The fourth-order valence-corrected chi connectivity index (χ4v) is 3.66. The number of rotatable bonds is 6. The van der Waals surface area contributed by atoms with Crippen molar-refractivity contribution in [2.24, 2.45) is 0 Å². The van der Waals surface area contributed by atoms with Crippen LogP contribution in [0, 0.1) is 5.82 Å². The predicted molar refractivity (Wildman–Crippen MR) is 106 cm³/mol. The summed E-state index contributed by atoms with van der Waals surface area (Å²) in [6.45, 7) is 0.496. The summed E-state index contributed by atoms with van der Waals surface area (Å²) in [5.41, 5.74) is 0.968. The van der Waals surface area contributed by atoms with Crippen molar-refractivity contribution in [1.82, 2.24) is 10.3 Å². The molecule has 164 valence electrons. The molecule has 2 fully saturated rings. The molecule has 0 bridgehead atoms. The van der Waals surface area contributed by atoms with Crippen molar-refractivity contribution in [3.05, 3.63) is 42.3 Å². The summed E-state index contributed by atoms with van der Waals surface area (Å²) in [7, 11) is -4.69. The molecule has 0 spiro atoms. The van der Waals surface area contributed by atoms with E-state index in [0.717, 1.165) is 11.0 Å². The van der Waals surface area contributed by atoms with Crippen molar-refractivity contribution in [3.63, 3.8) is 0 Å². The highest BCUT2D eigenvalue weighted by molar-refractivity contribution is 7.46. The van der Waals surface area contributed by atoms with Crippen LogP contribution < -0.4 is 15.1 Å². The van der Waals surface area contributed by atoms with Crippen LogP contribution in [0.5, 0.6) is 0 Å². The summed E-state index contributed by atoms with van der Waals surface area (Å²) < 4.78 is 34.9. The number of phosphoric acid groups is 1. The van der Waals surface area contributed by atoms with Gasteiger partial charge in [0.15, 0.2) is 0 Å². The summed E-state index contributed by atoms with van der Waals surface area (Å²) in [6, 6.07) is 7.19. The number of ether oxygens (including phenoxy) is 1. The van der Waals surface area contributed by atoms with E-state index >= 15 is 0 Å². The van der Waals surface area contributed by atoms with Gasteiger partial charge in [0.1, 0.15) is 17.7 Å². The lowest BCUT2D eigenvalue weighted by molar-refractivity contribution is 0.0880. The Morgan fingerprint density at radius 3 is 2.68 bits per heavy atom. The van der Waals surface area contributed by atoms with Crippen LogP contribution in [0.3, 0.4) is 0 Å². The lowest BCUT2D eigenvalue weighted by Crippen LogP contribution is -2.28. The van der Waals surface area contributed by atoms with Crippen LogP contribution in [0.25, 0.3) is 11.1 Å². The van der Waals surface area contributed by atoms with Crippen LogP contribution in [0.2, 0.25) is 0 Å². The Kier molecular flexibility index (Phi) is 5.63. The molecule has 31 heavy (non-hydrogen) atoms. The molecule has 2 saturated heterocycles. The third-order valence-electron chi connectivity index (χ3n) is 4.76. The number of benzene rings is 1. The molecule has 4 rings (SSSR count). The van der Waals surface area contributed by atoms with Crippen molar-refractivity contribution in [3.8, 4) is 11.1 Å². The normalized spacial score (nSPS) is 19.0. The number of halogens is 1. The second kappa shape index (κ2) is 8.23. The molecule has 1 aromatic heterocycles. The second-order valence-electron chi connectivity index (χ2n) is 6.86. The molecule has 3 N–H and O–H groups in total. The van der Waals surface area contributed by atoms with E-state index in [-0.39, 0.29) is 23.8 Å². The van der Waals surface area contributed by atoms with E-state index in [1.54, 1.807) is 12.1 Å². The summed E-state index contributed by atoms with van der Waals surface area (Å²) in [5.74, 6) is -0.146. The maximum atomic E-state index is 14.8. The quantitative estimate of drug-likeness (QED) is 0.564. The van der Waals surface area contributed by atoms with Gasteiger partial charge in [-0.25, -0.2) is 23.5 Å². The van der Waals surface area contributed by atoms with Crippen molar-refractivity contribution in [2.75, 3.05) is 36.0 Å². The fourth-order valence-electron chi connectivity index (χ4n) is 3.30. The van der Waals surface area contributed by atoms with Gasteiger partial charge in [0.05, 0.1) is 18.8 Å². The number of pyridine rings is 1. The van der Waals surface area contributed by atoms with Gasteiger partial charge in [0.25, 0.3) is 0 Å². The van der Waals surface area contributed by atoms with Crippen LogP contribution >= 0.6 is 7.82 Å². The number of amides is 3. The van der Waals surface area contributed by atoms with Crippen LogP contribution in [-0.2, 0) is 13.8 Å². The number of aromatic nitrogens is 1. The van der Waals surface area contributed by atoms with E-state index in [4.69, 9.17) is 14.5 Å². The number of hydrogen-bond donors (Lipinski definition) is 3. The number of carbonyl (C=O) groups is 2. The van der Waals surface area contributed by atoms with Crippen LogP contribution in [0.4, 0.5) is 25.5 Å². The van der Waals surface area contributed by atoms with Gasteiger partial charge >= 0.3 is 19.9 Å². The SMILES string of the molecule is O=C1O[C@@H](COP(=O)(O)O)CN1c1ccc(-c2ccc(N3CCNC3=O)nc2)c(F)c1. The molecule has 13 heteroatoms. The van der Waals surface area contributed by atoms with Gasteiger partial charge in [-0.3, -0.25) is 14.3 Å². The first-order chi connectivity index (χ1) is 14.7. The van der Waals surface area contributed by atoms with E-state index in [9.17, 15) is 18.5 Å². The molecule has 0 radical (unpaired) electrons. The molecular weight excluding hydrogens is 434 g/mol. The van der Waals surface area contributed by atoms with Gasteiger partial charge in [-0.05, 0) is 30.3 Å². The van der Waals surface area contributed by atoms with Crippen molar-refractivity contribution < 1.29 is 37.6 Å². The number of cyclic esters (lactones) is 1. The molecule has 1 aromatic carbocycles. The van der Waals surface area contributed by atoms with Crippen LogP contribution in [-0.4, -0.2) is 59.2 Å². The van der Waals surface area contributed by atoms with E-state index in [2.05, 4.69) is 14.8 Å². The molecule has 11 nitrogen and oxygen atoms in total. The monoisotopic (exact) mass is 452 g/mol. The summed E-state index contributed by atoms with van der Waals surface area (Å²) >= 11 is 0. The highest BCUT2D eigenvalue weighted by Crippen LogP contribution is 2.37. The highest BCUT2D eigenvalue weighted by Gasteiger charge is 2.34. The molecule has 3 heterocycles. The van der Waals surface area contributed by atoms with E-state index < -0.39 is 32.4 Å². The third-order valence-corrected chi connectivity index (χ3v) is 5.24. The van der Waals surface area contributed by atoms with Gasteiger partial charge in [-0.2, -0.15) is 0 Å². The number of urea groups is 1. The molecule has 2 aromatic rings. The molecule has 0 saturated carbocycles. The Morgan fingerprint density at radius 2 is 2.06 bits per heavy atom. The molecule has 0 aliphatic carbocycles. The molecule has 0 unspecified atom stereocenters. The van der Waals surface area contributed by atoms with E-state index in [1.165, 1.54) is 23.2 Å². The Bertz CT molecular complexity index is 1060. The van der Waals surface area contributed by atoms with Crippen molar-refractivity contribution >= 4 is 31.5 Å². The van der Waals surface area contributed by atoms with Gasteiger partial charge in [-0.15, -0.1) is 0 Å². The molecule has 3 amide bonds. The maximum Gasteiger partial charge on any atom is 0.469 e. The Labute approximate surface area is 175 Å². The first-order valence-corrected chi connectivity index (χ1v) is 10.7. The number of phosphoric ester groups is 1. The molecule has 2 aliphatic heterocycles. The Balaban J connectivity index is 1.47. The number of carbonyl (C=O) groups excluding carboxylic acids is 2. The first-order valence-electron chi connectivity index (χ1n) is 9.21. The highest BCUT2D eigenvalue weighted by atomic mass is 31.2. The number of nitrogens with zero attached hydrogens (tertiary/aromatic N) is 3. The predicted octanol–water partition coefficient (Wildman–Crippen LogP) is 1.85. The minimum absolute atomic E-state index is 0.0498. The number of nitrogens with one attached hydrogen (secondary N) is 1. The topological polar surface area (TPSA) is 142 Å². The zero-order chi connectivity index (χ0) is 22.2. The van der Waals surface area contributed by atoms with Crippen LogP contribution in [0.15, 0.2) is 36.5 Å². The van der Waals surface area contributed by atoms with E-state index in [1.807, 2.05) is 0 Å². The minimum atomic E-state index is -4.69. The zero-order valence-electron chi connectivity index (χ0n) is 16.0. The fraction of sp³-hybridized carbons (Fsp3) is 0.278. The summed E-state index contributed by atoms with van der Waals surface area (Å²) in [5, 5.41) is 2.68. The number of hydrogen-bond acceptors (Lipinski definition) is 6. The van der Waals surface area contributed by atoms with Crippen LogP contribution in [0.1, 0.15) is 0 Å². The average molecular weight is 452 g/mol. The molecule has 2 aliphatic rings. The maximum absolute atomic E-state index is 14.8. The Hall–Kier alpha value is -3.05.